The van der Waals surface area contributed by atoms with Crippen LogP contribution in [0.1, 0.15) is 30.6 Å². The van der Waals surface area contributed by atoms with Crippen LogP contribution in [0.5, 0.6) is 0 Å². The predicted molar refractivity (Wildman–Crippen MR) is 73.7 cm³/mol. The number of carbonyl (C=O) groups excluding carboxylic acids is 1. The Morgan fingerprint density at radius 1 is 1.50 bits per heavy atom. The number of hydrogen-bond donors (Lipinski definition) is 3. The van der Waals surface area contributed by atoms with Gasteiger partial charge in [0, 0.05) is 10.7 Å². The summed E-state index contributed by atoms with van der Waals surface area (Å²) < 4.78 is 0. The summed E-state index contributed by atoms with van der Waals surface area (Å²) in [5, 5.41) is 12.4. The van der Waals surface area contributed by atoms with E-state index in [0.29, 0.717) is 28.6 Å². The standard InChI is InChI=1S/C13H19ClN2O2/c1-8(2)5-10(7-17)16-13(18)11-6-9(14)3-4-12(11)15/h3-4,6,8,10,17H,5,7,15H2,1-2H3,(H,16,18). The molecule has 0 spiro atoms. The van der Waals surface area contributed by atoms with E-state index in [0.717, 1.165) is 0 Å². The monoisotopic (exact) mass is 270 g/mol. The fourth-order valence-corrected chi connectivity index (χ4v) is 1.91. The summed E-state index contributed by atoms with van der Waals surface area (Å²) in [6, 6.07) is 4.48. The first-order chi connectivity index (χ1) is 8.43. The zero-order valence-corrected chi connectivity index (χ0v) is 11.4. The van der Waals surface area contributed by atoms with Gasteiger partial charge in [0.1, 0.15) is 0 Å². The van der Waals surface area contributed by atoms with Crippen LogP contribution in [0.25, 0.3) is 0 Å². The highest BCUT2D eigenvalue weighted by Crippen LogP contribution is 2.18. The van der Waals surface area contributed by atoms with Gasteiger partial charge in [0.05, 0.1) is 18.2 Å². The van der Waals surface area contributed by atoms with Crippen LogP contribution in [0.3, 0.4) is 0 Å². The van der Waals surface area contributed by atoms with Crippen molar-refractivity contribution in [2.45, 2.75) is 26.3 Å². The van der Waals surface area contributed by atoms with Crippen molar-refractivity contribution < 1.29 is 9.90 Å². The molecule has 0 aromatic heterocycles. The Balaban J connectivity index is 2.77. The van der Waals surface area contributed by atoms with Gasteiger partial charge in [0.25, 0.3) is 5.91 Å². The predicted octanol–water partition coefficient (Wildman–Crippen LogP) is 2.06. The molecule has 1 rings (SSSR count). The maximum atomic E-state index is 12.0. The number of anilines is 1. The lowest BCUT2D eigenvalue weighted by Gasteiger charge is -2.18. The molecule has 1 aromatic rings. The van der Waals surface area contributed by atoms with Crippen molar-refractivity contribution in [2.24, 2.45) is 5.92 Å². The first kappa shape index (κ1) is 14.8. The number of halogens is 1. The Bertz CT molecular complexity index is 421. The lowest BCUT2D eigenvalue weighted by Crippen LogP contribution is -2.38. The van der Waals surface area contributed by atoms with Gasteiger partial charge in [-0.05, 0) is 30.5 Å². The normalized spacial score (nSPS) is 12.5. The van der Waals surface area contributed by atoms with Crippen molar-refractivity contribution in [1.29, 1.82) is 0 Å². The van der Waals surface area contributed by atoms with E-state index in [4.69, 9.17) is 17.3 Å². The highest BCUT2D eigenvalue weighted by Gasteiger charge is 2.16. The molecule has 0 aliphatic carbocycles. The van der Waals surface area contributed by atoms with Crippen LogP contribution in [0.4, 0.5) is 5.69 Å². The van der Waals surface area contributed by atoms with Gasteiger partial charge in [0.2, 0.25) is 0 Å². The lowest BCUT2D eigenvalue weighted by atomic mass is 10.0. The molecule has 18 heavy (non-hydrogen) atoms. The van der Waals surface area contributed by atoms with Crippen LogP contribution in [-0.4, -0.2) is 23.7 Å². The third-order valence-electron chi connectivity index (χ3n) is 2.57. The quantitative estimate of drug-likeness (QED) is 0.717. The van der Waals surface area contributed by atoms with E-state index in [1.165, 1.54) is 6.07 Å². The number of hydrogen-bond acceptors (Lipinski definition) is 3. The van der Waals surface area contributed by atoms with Gasteiger partial charge in [-0.2, -0.15) is 0 Å². The van der Waals surface area contributed by atoms with Gasteiger partial charge in [-0.1, -0.05) is 25.4 Å². The largest absolute Gasteiger partial charge is 0.398 e. The molecular formula is C13H19ClN2O2. The highest BCUT2D eigenvalue weighted by atomic mass is 35.5. The summed E-state index contributed by atoms with van der Waals surface area (Å²) in [5.74, 6) is 0.0776. The number of aliphatic hydroxyl groups is 1. The summed E-state index contributed by atoms with van der Waals surface area (Å²) >= 11 is 5.83. The Labute approximate surface area is 112 Å². The molecule has 0 saturated heterocycles. The van der Waals surface area contributed by atoms with Gasteiger partial charge < -0.3 is 16.2 Å². The number of benzene rings is 1. The molecule has 1 unspecified atom stereocenters. The maximum absolute atomic E-state index is 12.0. The van der Waals surface area contributed by atoms with Crippen LogP contribution in [-0.2, 0) is 0 Å². The second-order valence-electron chi connectivity index (χ2n) is 4.71. The Morgan fingerprint density at radius 2 is 2.17 bits per heavy atom. The Morgan fingerprint density at radius 3 is 2.72 bits per heavy atom. The number of rotatable bonds is 5. The Hall–Kier alpha value is -1.26. The second kappa shape index (κ2) is 6.61. The summed E-state index contributed by atoms with van der Waals surface area (Å²) in [6.07, 6.45) is 0.711. The topological polar surface area (TPSA) is 75.3 Å². The third kappa shape index (κ3) is 4.20. The van der Waals surface area contributed by atoms with Crippen molar-refractivity contribution >= 4 is 23.2 Å². The fourth-order valence-electron chi connectivity index (χ4n) is 1.74. The minimum absolute atomic E-state index is 0.0929. The third-order valence-corrected chi connectivity index (χ3v) is 2.81. The van der Waals surface area contributed by atoms with E-state index in [9.17, 15) is 9.90 Å². The number of nitrogen functional groups attached to an aromatic ring is 1. The molecule has 0 saturated carbocycles. The number of nitrogens with two attached hydrogens (primary N) is 1. The lowest BCUT2D eigenvalue weighted by molar-refractivity contribution is 0.0909. The van der Waals surface area contributed by atoms with Gasteiger partial charge in [-0.25, -0.2) is 0 Å². The summed E-state index contributed by atoms with van der Waals surface area (Å²) in [7, 11) is 0. The van der Waals surface area contributed by atoms with Crippen LogP contribution < -0.4 is 11.1 Å². The molecular weight excluding hydrogens is 252 g/mol. The maximum Gasteiger partial charge on any atom is 0.253 e. The number of carbonyl (C=O) groups is 1. The number of aliphatic hydroxyl groups excluding tert-OH is 1. The molecule has 1 aromatic carbocycles. The molecule has 0 bridgehead atoms. The molecule has 5 heteroatoms. The molecule has 0 aliphatic heterocycles. The van der Waals surface area contributed by atoms with E-state index in [1.807, 2.05) is 13.8 Å². The first-order valence-electron chi connectivity index (χ1n) is 5.90. The molecule has 0 heterocycles. The summed E-state index contributed by atoms with van der Waals surface area (Å²) in [4.78, 5) is 12.0. The van der Waals surface area contributed by atoms with Crippen molar-refractivity contribution in [3.63, 3.8) is 0 Å². The number of nitrogens with one attached hydrogen (secondary N) is 1. The second-order valence-corrected chi connectivity index (χ2v) is 5.15. The molecule has 0 aliphatic rings. The molecule has 1 amide bonds. The molecule has 100 valence electrons. The highest BCUT2D eigenvalue weighted by molar-refractivity contribution is 6.31. The van der Waals surface area contributed by atoms with E-state index in [2.05, 4.69) is 5.32 Å². The van der Waals surface area contributed by atoms with Gasteiger partial charge in [-0.15, -0.1) is 0 Å². The average molecular weight is 271 g/mol. The molecule has 0 fully saturated rings. The van der Waals surface area contributed by atoms with Crippen LogP contribution in [0, 0.1) is 5.92 Å². The molecule has 4 nitrogen and oxygen atoms in total. The molecule has 4 N–H and O–H groups in total. The van der Waals surface area contributed by atoms with Crippen molar-refractivity contribution in [3.8, 4) is 0 Å². The van der Waals surface area contributed by atoms with E-state index in [-0.39, 0.29) is 18.6 Å². The average Bonchev–Trinajstić information content (AvgIpc) is 2.30. The molecule has 1 atom stereocenters. The summed E-state index contributed by atoms with van der Waals surface area (Å²) in [6.45, 7) is 3.97. The van der Waals surface area contributed by atoms with E-state index >= 15 is 0 Å². The minimum Gasteiger partial charge on any atom is -0.398 e. The zero-order chi connectivity index (χ0) is 13.7. The van der Waals surface area contributed by atoms with Crippen LogP contribution in [0.15, 0.2) is 18.2 Å². The molecule has 0 radical (unpaired) electrons. The first-order valence-corrected chi connectivity index (χ1v) is 6.28. The van der Waals surface area contributed by atoms with Crippen LogP contribution in [0.2, 0.25) is 5.02 Å². The van der Waals surface area contributed by atoms with Crippen molar-refractivity contribution in [3.05, 3.63) is 28.8 Å². The Kier molecular flexibility index (Phi) is 5.44. The SMILES string of the molecule is CC(C)CC(CO)NC(=O)c1cc(Cl)ccc1N. The fraction of sp³-hybridized carbons (Fsp3) is 0.462. The van der Waals surface area contributed by atoms with Gasteiger partial charge in [-0.3, -0.25) is 4.79 Å². The van der Waals surface area contributed by atoms with E-state index in [1.54, 1.807) is 12.1 Å². The minimum atomic E-state index is -0.310. The van der Waals surface area contributed by atoms with Crippen LogP contribution >= 0.6 is 11.6 Å². The van der Waals surface area contributed by atoms with Gasteiger partial charge >= 0.3 is 0 Å². The van der Waals surface area contributed by atoms with E-state index < -0.39 is 0 Å². The van der Waals surface area contributed by atoms with Gasteiger partial charge in [0.15, 0.2) is 0 Å². The van der Waals surface area contributed by atoms with Crippen molar-refractivity contribution in [2.75, 3.05) is 12.3 Å². The smallest absolute Gasteiger partial charge is 0.253 e. The van der Waals surface area contributed by atoms with Crippen molar-refractivity contribution in [1.82, 2.24) is 5.32 Å². The number of amides is 1. The zero-order valence-electron chi connectivity index (χ0n) is 10.6. The summed E-state index contributed by atoms with van der Waals surface area (Å²) in [5.41, 5.74) is 6.44.